The first-order valence-corrected chi connectivity index (χ1v) is 6.20. The molecule has 18 heavy (non-hydrogen) atoms. The first kappa shape index (κ1) is 11.3. The molecule has 0 radical (unpaired) electrons. The third-order valence-electron chi connectivity index (χ3n) is 3.29. The van der Waals surface area contributed by atoms with Crippen LogP contribution in [0.5, 0.6) is 0 Å². The zero-order chi connectivity index (χ0) is 12.4. The number of ether oxygens (including phenoxy) is 1. The molecular formula is C14H16N2O2. The van der Waals surface area contributed by atoms with Crippen LogP contribution in [0.1, 0.15) is 5.56 Å². The number of morpholine rings is 1. The van der Waals surface area contributed by atoms with Crippen molar-refractivity contribution in [3.05, 3.63) is 47.8 Å². The maximum atomic E-state index is 11.6. The highest BCUT2D eigenvalue weighted by molar-refractivity contribution is 5.80. The minimum Gasteiger partial charge on any atom is -0.370 e. The molecule has 0 aromatic heterocycles. The number of carbonyl (C=O) groups is 1. The van der Waals surface area contributed by atoms with Gasteiger partial charge in [0.05, 0.1) is 12.3 Å². The van der Waals surface area contributed by atoms with E-state index in [1.54, 1.807) is 0 Å². The van der Waals surface area contributed by atoms with Gasteiger partial charge in [-0.2, -0.15) is 0 Å². The molecule has 2 heterocycles. The molecule has 0 N–H and O–H groups in total. The van der Waals surface area contributed by atoms with Gasteiger partial charge in [0.25, 0.3) is 5.91 Å². The Morgan fingerprint density at radius 2 is 1.94 bits per heavy atom. The highest BCUT2D eigenvalue weighted by Crippen LogP contribution is 2.18. The highest BCUT2D eigenvalue weighted by atomic mass is 16.5. The average molecular weight is 244 g/mol. The van der Waals surface area contributed by atoms with Crippen LogP contribution in [-0.2, 0) is 16.1 Å². The number of carbonyl (C=O) groups excluding carboxylic acids is 1. The molecule has 1 aromatic rings. The lowest BCUT2D eigenvalue weighted by Crippen LogP contribution is -2.47. The van der Waals surface area contributed by atoms with E-state index in [9.17, 15) is 4.79 Å². The van der Waals surface area contributed by atoms with Gasteiger partial charge in [0.15, 0.2) is 0 Å². The second-order valence-electron chi connectivity index (χ2n) is 4.61. The van der Waals surface area contributed by atoms with Crippen LogP contribution in [0.25, 0.3) is 0 Å². The number of amides is 1. The minimum absolute atomic E-state index is 0.0758. The van der Waals surface area contributed by atoms with Crippen LogP contribution in [0.15, 0.2) is 42.2 Å². The Balaban J connectivity index is 1.73. The molecule has 3 rings (SSSR count). The fraction of sp³-hybridized carbons (Fsp3) is 0.357. The fourth-order valence-corrected chi connectivity index (χ4v) is 2.38. The highest BCUT2D eigenvalue weighted by Gasteiger charge is 2.27. The van der Waals surface area contributed by atoms with Crippen LogP contribution in [0.2, 0.25) is 0 Å². The molecule has 0 spiro atoms. The van der Waals surface area contributed by atoms with Crippen molar-refractivity contribution in [2.75, 3.05) is 26.3 Å². The molecule has 1 amide bonds. The minimum atomic E-state index is 0.0758. The molecule has 1 aromatic carbocycles. The van der Waals surface area contributed by atoms with E-state index < -0.39 is 0 Å². The van der Waals surface area contributed by atoms with E-state index in [-0.39, 0.29) is 12.5 Å². The van der Waals surface area contributed by atoms with E-state index in [2.05, 4.69) is 17.0 Å². The van der Waals surface area contributed by atoms with Crippen molar-refractivity contribution < 1.29 is 9.53 Å². The Bertz CT molecular complexity index is 470. The quantitative estimate of drug-likeness (QED) is 0.783. The van der Waals surface area contributed by atoms with Crippen molar-refractivity contribution in [1.29, 1.82) is 0 Å². The standard InChI is InChI=1S/C14H16N2O2/c17-14-11-18-10-13-9-15(6-7-16(13)14)8-12-4-2-1-3-5-12/h1-5,9H,6-8,10-11H2. The summed E-state index contributed by atoms with van der Waals surface area (Å²) in [7, 11) is 0. The van der Waals surface area contributed by atoms with E-state index in [1.165, 1.54) is 5.56 Å². The molecule has 0 bridgehead atoms. The molecule has 2 aliphatic rings. The van der Waals surface area contributed by atoms with Gasteiger partial charge in [-0.25, -0.2) is 0 Å². The van der Waals surface area contributed by atoms with Crippen molar-refractivity contribution in [2.24, 2.45) is 0 Å². The van der Waals surface area contributed by atoms with Gasteiger partial charge in [-0.05, 0) is 5.56 Å². The molecule has 4 nitrogen and oxygen atoms in total. The van der Waals surface area contributed by atoms with Crippen LogP contribution in [0.4, 0.5) is 0 Å². The van der Waals surface area contributed by atoms with E-state index in [4.69, 9.17) is 4.74 Å². The van der Waals surface area contributed by atoms with Gasteiger partial charge < -0.3 is 14.5 Å². The summed E-state index contributed by atoms with van der Waals surface area (Å²) in [5.74, 6) is 0.0758. The molecular weight excluding hydrogens is 228 g/mol. The zero-order valence-corrected chi connectivity index (χ0v) is 10.2. The Morgan fingerprint density at radius 3 is 2.78 bits per heavy atom. The lowest BCUT2D eigenvalue weighted by Gasteiger charge is -2.37. The lowest BCUT2D eigenvalue weighted by molar-refractivity contribution is -0.139. The van der Waals surface area contributed by atoms with Gasteiger partial charge in [-0.1, -0.05) is 30.3 Å². The Hall–Kier alpha value is -1.81. The van der Waals surface area contributed by atoms with Crippen LogP contribution in [-0.4, -0.2) is 42.0 Å². The normalized spacial score (nSPS) is 19.6. The molecule has 4 heteroatoms. The average Bonchev–Trinajstić information content (AvgIpc) is 2.40. The third-order valence-corrected chi connectivity index (χ3v) is 3.29. The predicted octanol–water partition coefficient (Wildman–Crippen LogP) is 1.20. The molecule has 1 saturated heterocycles. The number of rotatable bonds is 2. The monoisotopic (exact) mass is 244 g/mol. The Labute approximate surface area is 106 Å². The smallest absolute Gasteiger partial charge is 0.252 e. The topological polar surface area (TPSA) is 32.8 Å². The largest absolute Gasteiger partial charge is 0.370 e. The molecule has 2 aliphatic heterocycles. The van der Waals surface area contributed by atoms with Crippen molar-refractivity contribution in [1.82, 2.24) is 9.80 Å². The molecule has 94 valence electrons. The number of nitrogens with zero attached hydrogens (tertiary/aromatic N) is 2. The van der Waals surface area contributed by atoms with Gasteiger partial charge in [-0.3, -0.25) is 4.79 Å². The maximum Gasteiger partial charge on any atom is 0.252 e. The van der Waals surface area contributed by atoms with Crippen molar-refractivity contribution >= 4 is 5.91 Å². The summed E-state index contributed by atoms with van der Waals surface area (Å²) >= 11 is 0. The number of hydrogen-bond donors (Lipinski definition) is 0. The summed E-state index contributed by atoms with van der Waals surface area (Å²) in [4.78, 5) is 15.7. The summed E-state index contributed by atoms with van der Waals surface area (Å²) in [6, 6.07) is 10.4. The van der Waals surface area contributed by atoms with Gasteiger partial charge in [0, 0.05) is 25.8 Å². The van der Waals surface area contributed by atoms with E-state index >= 15 is 0 Å². The molecule has 0 saturated carbocycles. The lowest BCUT2D eigenvalue weighted by atomic mass is 10.2. The van der Waals surface area contributed by atoms with Gasteiger partial charge in [0.2, 0.25) is 0 Å². The summed E-state index contributed by atoms with van der Waals surface area (Å²) < 4.78 is 5.26. The first-order valence-electron chi connectivity index (χ1n) is 6.20. The number of benzene rings is 1. The second kappa shape index (κ2) is 4.82. The number of hydrogen-bond acceptors (Lipinski definition) is 3. The molecule has 0 aliphatic carbocycles. The van der Waals surface area contributed by atoms with Crippen LogP contribution < -0.4 is 0 Å². The van der Waals surface area contributed by atoms with Crippen molar-refractivity contribution in [2.45, 2.75) is 6.54 Å². The van der Waals surface area contributed by atoms with E-state index in [0.717, 1.165) is 25.3 Å². The number of fused-ring (bicyclic) bond motifs is 1. The van der Waals surface area contributed by atoms with Crippen molar-refractivity contribution in [3.8, 4) is 0 Å². The van der Waals surface area contributed by atoms with Crippen molar-refractivity contribution in [3.63, 3.8) is 0 Å². The fourth-order valence-electron chi connectivity index (χ4n) is 2.38. The summed E-state index contributed by atoms with van der Waals surface area (Å²) in [6.45, 7) is 3.28. The van der Waals surface area contributed by atoms with E-state index in [1.807, 2.05) is 29.3 Å². The zero-order valence-electron chi connectivity index (χ0n) is 10.2. The third kappa shape index (κ3) is 2.24. The Morgan fingerprint density at radius 1 is 1.11 bits per heavy atom. The summed E-state index contributed by atoms with van der Waals surface area (Å²) in [5, 5.41) is 0. The van der Waals surface area contributed by atoms with Crippen LogP contribution in [0.3, 0.4) is 0 Å². The molecule has 0 atom stereocenters. The van der Waals surface area contributed by atoms with Gasteiger partial charge in [-0.15, -0.1) is 0 Å². The van der Waals surface area contributed by atoms with Crippen LogP contribution in [0, 0.1) is 0 Å². The van der Waals surface area contributed by atoms with E-state index in [0.29, 0.717) is 6.61 Å². The first-order chi connectivity index (χ1) is 8.83. The van der Waals surface area contributed by atoms with Gasteiger partial charge in [0.1, 0.15) is 6.61 Å². The maximum absolute atomic E-state index is 11.6. The predicted molar refractivity (Wildman–Crippen MR) is 67.5 cm³/mol. The van der Waals surface area contributed by atoms with Gasteiger partial charge >= 0.3 is 0 Å². The SMILES string of the molecule is O=C1COCC2=CN(Cc3ccccc3)CCN12. The summed E-state index contributed by atoms with van der Waals surface area (Å²) in [6.07, 6.45) is 2.05. The van der Waals surface area contributed by atoms with Crippen LogP contribution >= 0.6 is 0 Å². The summed E-state index contributed by atoms with van der Waals surface area (Å²) in [5.41, 5.74) is 2.26. The molecule has 0 unspecified atom stereocenters. The Kier molecular flexibility index (Phi) is 3.02. The second-order valence-corrected chi connectivity index (χ2v) is 4.61. The molecule has 1 fully saturated rings.